The van der Waals surface area contributed by atoms with Crippen LogP contribution in [0.2, 0.25) is 0 Å². The molecular weight excluding hydrogens is 289 g/mol. The van der Waals surface area contributed by atoms with Crippen molar-refractivity contribution in [2.75, 3.05) is 27.4 Å². The molecular formula is C14H19F3O4. The van der Waals surface area contributed by atoms with Crippen LogP contribution < -0.4 is 0 Å². The Morgan fingerprint density at radius 2 is 1.86 bits per heavy atom. The first-order valence-corrected chi connectivity index (χ1v) is 6.09. The van der Waals surface area contributed by atoms with Gasteiger partial charge < -0.3 is 14.2 Å². The number of esters is 1. The van der Waals surface area contributed by atoms with Crippen LogP contribution in [0.15, 0.2) is 35.6 Å². The van der Waals surface area contributed by atoms with Gasteiger partial charge in [-0.15, -0.1) is 0 Å². The van der Waals surface area contributed by atoms with E-state index in [9.17, 15) is 18.0 Å². The third kappa shape index (κ3) is 6.48. The van der Waals surface area contributed by atoms with Gasteiger partial charge in [-0.3, -0.25) is 4.79 Å². The lowest BCUT2D eigenvalue weighted by Crippen LogP contribution is -2.19. The van der Waals surface area contributed by atoms with Crippen LogP contribution in [-0.2, 0) is 19.0 Å². The van der Waals surface area contributed by atoms with Crippen LogP contribution in [0.25, 0.3) is 0 Å². The van der Waals surface area contributed by atoms with Gasteiger partial charge in [0.05, 0.1) is 20.1 Å². The van der Waals surface area contributed by atoms with Gasteiger partial charge in [0.15, 0.2) is 0 Å². The molecule has 0 aromatic rings. The first kappa shape index (κ1) is 19.2. The smallest absolute Gasteiger partial charge is 0.420 e. The van der Waals surface area contributed by atoms with Crippen molar-refractivity contribution in [2.45, 2.75) is 19.5 Å². The van der Waals surface area contributed by atoms with Gasteiger partial charge in [0.2, 0.25) is 0 Å². The molecule has 0 heterocycles. The lowest BCUT2D eigenvalue weighted by Gasteiger charge is -2.18. The van der Waals surface area contributed by atoms with Crippen LogP contribution in [0.1, 0.15) is 13.3 Å². The van der Waals surface area contributed by atoms with Crippen molar-refractivity contribution < 1.29 is 32.2 Å². The summed E-state index contributed by atoms with van der Waals surface area (Å²) in [5, 5.41) is 0. The molecule has 21 heavy (non-hydrogen) atoms. The summed E-state index contributed by atoms with van der Waals surface area (Å²) in [5.74, 6) is -1.22. The third-order valence-corrected chi connectivity index (χ3v) is 2.49. The number of allylic oxidation sites excluding steroid dienone is 3. The molecule has 0 aliphatic heterocycles. The van der Waals surface area contributed by atoms with E-state index >= 15 is 0 Å². The molecule has 0 bridgehead atoms. The Balaban J connectivity index is 5.61. The minimum atomic E-state index is -4.69. The van der Waals surface area contributed by atoms with Crippen molar-refractivity contribution in [1.82, 2.24) is 0 Å². The molecule has 0 aliphatic rings. The Labute approximate surface area is 121 Å². The van der Waals surface area contributed by atoms with Gasteiger partial charge in [0.25, 0.3) is 0 Å². The summed E-state index contributed by atoms with van der Waals surface area (Å²) >= 11 is 0. The second-order valence-electron chi connectivity index (χ2n) is 3.85. The topological polar surface area (TPSA) is 44.8 Å². The Morgan fingerprint density at radius 1 is 1.24 bits per heavy atom. The normalized spacial score (nSPS) is 13.5. The van der Waals surface area contributed by atoms with Crippen molar-refractivity contribution in [2.24, 2.45) is 0 Å². The molecule has 0 radical (unpaired) electrons. The molecule has 0 aromatic carbocycles. The SMILES string of the molecule is C=CC(OCCOC)=C(C(=CC)CC(=O)OC)C(F)(F)F. The Hall–Kier alpha value is -1.76. The van der Waals surface area contributed by atoms with E-state index in [-0.39, 0.29) is 18.8 Å². The number of rotatable bonds is 8. The fourth-order valence-corrected chi connectivity index (χ4v) is 1.51. The highest BCUT2D eigenvalue weighted by molar-refractivity contribution is 5.74. The zero-order chi connectivity index (χ0) is 16.5. The van der Waals surface area contributed by atoms with Crippen LogP contribution in [-0.4, -0.2) is 39.6 Å². The zero-order valence-corrected chi connectivity index (χ0v) is 12.3. The van der Waals surface area contributed by atoms with Gasteiger partial charge in [0, 0.05) is 7.11 Å². The molecule has 0 unspecified atom stereocenters. The second-order valence-corrected chi connectivity index (χ2v) is 3.85. The van der Waals surface area contributed by atoms with Gasteiger partial charge in [-0.25, -0.2) is 0 Å². The van der Waals surface area contributed by atoms with Crippen molar-refractivity contribution in [3.8, 4) is 0 Å². The average Bonchev–Trinajstić information content (AvgIpc) is 2.43. The van der Waals surface area contributed by atoms with Crippen LogP contribution in [0.5, 0.6) is 0 Å². The largest absolute Gasteiger partial charge is 0.491 e. The van der Waals surface area contributed by atoms with E-state index in [1.807, 2.05) is 0 Å². The summed E-state index contributed by atoms with van der Waals surface area (Å²) in [4.78, 5) is 11.2. The highest BCUT2D eigenvalue weighted by atomic mass is 19.4. The number of ether oxygens (including phenoxy) is 3. The van der Waals surface area contributed by atoms with Gasteiger partial charge in [-0.2, -0.15) is 13.2 Å². The van der Waals surface area contributed by atoms with Gasteiger partial charge >= 0.3 is 12.1 Å². The van der Waals surface area contributed by atoms with E-state index in [4.69, 9.17) is 9.47 Å². The second kappa shape index (κ2) is 9.23. The minimum Gasteiger partial charge on any atom is -0.491 e. The predicted molar refractivity (Wildman–Crippen MR) is 71.5 cm³/mol. The maximum atomic E-state index is 13.2. The highest BCUT2D eigenvalue weighted by Crippen LogP contribution is 2.36. The van der Waals surface area contributed by atoms with E-state index in [1.165, 1.54) is 20.1 Å². The van der Waals surface area contributed by atoms with Crippen molar-refractivity contribution >= 4 is 5.97 Å². The summed E-state index contributed by atoms with van der Waals surface area (Å²) in [6.07, 6.45) is -3.04. The molecule has 0 rings (SSSR count). The van der Waals surface area contributed by atoms with Crippen molar-refractivity contribution in [3.63, 3.8) is 0 Å². The quantitative estimate of drug-likeness (QED) is 0.299. The Bertz CT molecular complexity index is 422. The summed E-state index contributed by atoms with van der Waals surface area (Å²) < 4.78 is 53.9. The number of hydrogen-bond donors (Lipinski definition) is 0. The molecule has 0 aliphatic carbocycles. The monoisotopic (exact) mass is 308 g/mol. The summed E-state index contributed by atoms with van der Waals surface area (Å²) in [6, 6.07) is 0. The molecule has 0 saturated carbocycles. The third-order valence-electron chi connectivity index (χ3n) is 2.49. The maximum absolute atomic E-state index is 13.2. The Morgan fingerprint density at radius 3 is 2.24 bits per heavy atom. The summed E-state index contributed by atoms with van der Waals surface area (Å²) in [7, 11) is 2.51. The minimum absolute atomic E-state index is 0.0628. The number of methoxy groups -OCH3 is 2. The summed E-state index contributed by atoms with van der Waals surface area (Å²) in [6.45, 7) is 4.79. The lowest BCUT2D eigenvalue weighted by atomic mass is 10.0. The molecule has 7 heteroatoms. The molecule has 0 saturated heterocycles. The number of alkyl halides is 3. The average molecular weight is 308 g/mol. The van der Waals surface area contributed by atoms with E-state index in [0.717, 1.165) is 13.2 Å². The molecule has 0 atom stereocenters. The number of carbonyl (C=O) groups is 1. The first-order chi connectivity index (χ1) is 9.81. The van der Waals surface area contributed by atoms with Crippen molar-refractivity contribution in [3.05, 3.63) is 35.6 Å². The Kier molecular flexibility index (Phi) is 8.45. The van der Waals surface area contributed by atoms with E-state index < -0.39 is 29.9 Å². The molecule has 0 fully saturated rings. The number of hydrogen-bond acceptors (Lipinski definition) is 4. The molecule has 0 spiro atoms. The maximum Gasteiger partial charge on any atom is 0.420 e. The van der Waals surface area contributed by atoms with Gasteiger partial charge in [-0.1, -0.05) is 12.7 Å². The van der Waals surface area contributed by atoms with E-state index in [1.54, 1.807) is 0 Å². The van der Waals surface area contributed by atoms with Crippen LogP contribution in [0, 0.1) is 0 Å². The summed E-state index contributed by atoms with van der Waals surface area (Å²) in [5.41, 5.74) is -1.27. The van der Waals surface area contributed by atoms with Crippen molar-refractivity contribution in [1.29, 1.82) is 0 Å². The van der Waals surface area contributed by atoms with Crippen LogP contribution in [0.4, 0.5) is 13.2 Å². The van der Waals surface area contributed by atoms with Crippen LogP contribution in [0.3, 0.4) is 0 Å². The first-order valence-electron chi connectivity index (χ1n) is 6.09. The standard InChI is InChI=1S/C14H19F3O4/c1-5-10(9-12(18)20-4)13(14(15,16)17)11(6-2)21-8-7-19-3/h5-6H,2,7-9H2,1,3-4H3. The fraction of sp³-hybridized carbons (Fsp3) is 0.500. The molecule has 0 aromatic heterocycles. The zero-order valence-electron chi connectivity index (χ0n) is 12.3. The predicted octanol–water partition coefficient (Wildman–Crippen LogP) is 3.16. The lowest BCUT2D eigenvalue weighted by molar-refractivity contribution is -0.139. The van der Waals surface area contributed by atoms with E-state index in [0.29, 0.717) is 0 Å². The van der Waals surface area contributed by atoms with E-state index in [2.05, 4.69) is 11.3 Å². The molecule has 120 valence electrons. The highest BCUT2D eigenvalue weighted by Gasteiger charge is 2.39. The molecule has 0 amide bonds. The van der Waals surface area contributed by atoms with Crippen LogP contribution >= 0.6 is 0 Å². The fourth-order valence-electron chi connectivity index (χ4n) is 1.51. The van der Waals surface area contributed by atoms with Gasteiger partial charge in [0.1, 0.15) is 17.9 Å². The number of carbonyl (C=O) groups excluding carboxylic acids is 1. The molecule has 0 N–H and O–H groups in total. The molecule has 4 nitrogen and oxygen atoms in total. The van der Waals surface area contributed by atoms with Gasteiger partial charge in [-0.05, 0) is 18.6 Å². The number of halogens is 3.